The predicted octanol–water partition coefficient (Wildman–Crippen LogP) is 3.09. The van der Waals surface area contributed by atoms with E-state index in [0.717, 1.165) is 38.9 Å². The van der Waals surface area contributed by atoms with E-state index in [-0.39, 0.29) is 22.6 Å². The van der Waals surface area contributed by atoms with E-state index in [1.54, 1.807) is 12.1 Å². The Labute approximate surface area is 131 Å². The summed E-state index contributed by atoms with van der Waals surface area (Å²) in [7, 11) is 0. The topological polar surface area (TPSA) is 66.6 Å². The van der Waals surface area contributed by atoms with Gasteiger partial charge in [0.2, 0.25) is 0 Å². The van der Waals surface area contributed by atoms with Crippen LogP contribution in [0.1, 0.15) is 31.7 Å². The minimum absolute atomic E-state index is 0.0957. The van der Waals surface area contributed by atoms with Crippen molar-refractivity contribution in [2.75, 3.05) is 26.2 Å². The number of hydrogen-bond acceptors (Lipinski definition) is 4. The molecule has 1 aromatic carbocycles. The molecule has 1 aliphatic heterocycles. The molecule has 1 heterocycles. The highest BCUT2D eigenvalue weighted by molar-refractivity contribution is 5.60. The first-order chi connectivity index (χ1) is 10.6. The van der Waals surface area contributed by atoms with Gasteiger partial charge in [0, 0.05) is 19.2 Å². The first-order valence-electron chi connectivity index (χ1n) is 7.83. The summed E-state index contributed by atoms with van der Waals surface area (Å²) < 4.78 is 0. The number of nitrogens with zero attached hydrogens (tertiary/aromatic N) is 2. The van der Waals surface area contributed by atoms with Crippen LogP contribution < -0.4 is 0 Å². The average molecular weight is 304 g/mol. The zero-order valence-corrected chi connectivity index (χ0v) is 13.1. The molecule has 1 fully saturated rings. The Morgan fingerprint density at radius 1 is 1.36 bits per heavy atom. The van der Waals surface area contributed by atoms with Crippen molar-refractivity contribution in [3.63, 3.8) is 0 Å². The van der Waals surface area contributed by atoms with Crippen LogP contribution in [0, 0.1) is 15.5 Å². The van der Waals surface area contributed by atoms with E-state index in [1.165, 1.54) is 6.07 Å². The summed E-state index contributed by atoms with van der Waals surface area (Å²) in [4.78, 5) is 12.9. The molecule has 0 radical (unpaired) electrons. The van der Waals surface area contributed by atoms with E-state index in [1.807, 2.05) is 18.2 Å². The Morgan fingerprint density at radius 3 is 2.64 bits per heavy atom. The Bertz CT molecular complexity index is 528. The summed E-state index contributed by atoms with van der Waals surface area (Å²) in [6.07, 6.45) is 6.86. The van der Waals surface area contributed by atoms with Crippen LogP contribution in [0.5, 0.6) is 0 Å². The van der Waals surface area contributed by atoms with Gasteiger partial charge in [-0.2, -0.15) is 0 Å². The molecule has 0 aliphatic carbocycles. The van der Waals surface area contributed by atoms with Gasteiger partial charge >= 0.3 is 0 Å². The predicted molar refractivity (Wildman–Crippen MR) is 87.6 cm³/mol. The largest absolute Gasteiger partial charge is 0.396 e. The Morgan fingerprint density at radius 2 is 2.05 bits per heavy atom. The monoisotopic (exact) mass is 304 g/mol. The van der Waals surface area contributed by atoms with Gasteiger partial charge in [-0.3, -0.25) is 15.0 Å². The molecule has 1 aromatic rings. The molecule has 1 saturated heterocycles. The fourth-order valence-corrected chi connectivity index (χ4v) is 2.96. The van der Waals surface area contributed by atoms with Crippen molar-refractivity contribution in [1.29, 1.82) is 0 Å². The normalized spacial score (nSPS) is 18.6. The van der Waals surface area contributed by atoms with Crippen molar-refractivity contribution in [3.8, 4) is 0 Å². The fraction of sp³-hybridized carbons (Fsp3) is 0.529. The molecular weight excluding hydrogens is 280 g/mol. The van der Waals surface area contributed by atoms with Crippen molar-refractivity contribution in [2.45, 2.75) is 26.2 Å². The number of hydrogen-bond donors (Lipinski definition) is 1. The van der Waals surface area contributed by atoms with Crippen LogP contribution in [-0.2, 0) is 0 Å². The minimum atomic E-state index is -0.350. The van der Waals surface area contributed by atoms with E-state index in [2.05, 4.69) is 11.8 Å². The lowest BCUT2D eigenvalue weighted by molar-refractivity contribution is -0.385. The first kappa shape index (κ1) is 16.6. The lowest BCUT2D eigenvalue weighted by atomic mass is 9.77. The molecule has 5 heteroatoms. The van der Waals surface area contributed by atoms with Crippen molar-refractivity contribution in [1.82, 2.24) is 4.90 Å². The quantitative estimate of drug-likeness (QED) is 0.648. The van der Waals surface area contributed by atoms with Crippen LogP contribution in [0.25, 0.3) is 6.08 Å². The van der Waals surface area contributed by atoms with Crippen molar-refractivity contribution < 1.29 is 10.0 Å². The number of piperidine rings is 1. The zero-order chi connectivity index (χ0) is 16.0. The molecule has 1 N–H and O–H groups in total. The molecule has 22 heavy (non-hydrogen) atoms. The Balaban J connectivity index is 1.91. The molecule has 1 aliphatic rings. The maximum Gasteiger partial charge on any atom is 0.276 e. The molecule has 0 aromatic heterocycles. The lowest BCUT2D eigenvalue weighted by Crippen LogP contribution is -2.41. The van der Waals surface area contributed by atoms with E-state index < -0.39 is 0 Å². The van der Waals surface area contributed by atoms with Gasteiger partial charge in [0.05, 0.1) is 10.5 Å². The van der Waals surface area contributed by atoms with E-state index in [4.69, 9.17) is 0 Å². The molecule has 0 unspecified atom stereocenters. The number of aliphatic hydroxyl groups excluding tert-OH is 1. The van der Waals surface area contributed by atoms with Crippen molar-refractivity contribution >= 4 is 11.8 Å². The zero-order valence-electron chi connectivity index (χ0n) is 13.1. The van der Waals surface area contributed by atoms with E-state index >= 15 is 0 Å². The summed E-state index contributed by atoms with van der Waals surface area (Å²) in [5.41, 5.74) is 0.878. The van der Waals surface area contributed by atoms with Gasteiger partial charge in [0.1, 0.15) is 0 Å². The smallest absolute Gasteiger partial charge is 0.276 e. The van der Waals surface area contributed by atoms with Crippen LogP contribution in [0.3, 0.4) is 0 Å². The van der Waals surface area contributed by atoms with Gasteiger partial charge in [-0.15, -0.1) is 0 Å². The molecule has 120 valence electrons. The van der Waals surface area contributed by atoms with Crippen molar-refractivity contribution in [3.05, 3.63) is 46.0 Å². The number of benzene rings is 1. The van der Waals surface area contributed by atoms with E-state index in [0.29, 0.717) is 5.56 Å². The summed E-state index contributed by atoms with van der Waals surface area (Å²) in [6, 6.07) is 6.78. The maximum absolute atomic E-state index is 11.0. The SMILES string of the molecule is CCC1(CO)CCN(C/C=C/c2ccccc2[N+](=O)[O-])CC1. The lowest BCUT2D eigenvalue weighted by Gasteiger charge is -2.39. The summed E-state index contributed by atoms with van der Waals surface area (Å²) in [6.45, 7) is 5.13. The molecule has 0 atom stereocenters. The highest BCUT2D eigenvalue weighted by Gasteiger charge is 2.31. The summed E-state index contributed by atoms with van der Waals surface area (Å²) in [5, 5.41) is 20.5. The summed E-state index contributed by atoms with van der Waals surface area (Å²) >= 11 is 0. The van der Waals surface area contributed by atoms with Gasteiger partial charge in [-0.05, 0) is 43.8 Å². The van der Waals surface area contributed by atoms with Crippen molar-refractivity contribution in [2.24, 2.45) is 5.41 Å². The Hall–Kier alpha value is -1.72. The number of nitro groups is 1. The van der Waals surface area contributed by atoms with Crippen LogP contribution in [0.15, 0.2) is 30.3 Å². The van der Waals surface area contributed by atoms with Crippen LogP contribution in [-0.4, -0.2) is 41.2 Å². The van der Waals surface area contributed by atoms with Crippen LogP contribution >= 0.6 is 0 Å². The maximum atomic E-state index is 11.0. The van der Waals surface area contributed by atoms with Gasteiger partial charge in [0.15, 0.2) is 0 Å². The minimum Gasteiger partial charge on any atom is -0.396 e. The number of rotatable bonds is 6. The second kappa shape index (κ2) is 7.51. The number of nitro benzene ring substituents is 1. The second-order valence-electron chi connectivity index (χ2n) is 6.03. The molecule has 5 nitrogen and oxygen atoms in total. The van der Waals surface area contributed by atoms with Gasteiger partial charge in [0.25, 0.3) is 5.69 Å². The number of aliphatic hydroxyl groups is 1. The van der Waals surface area contributed by atoms with Gasteiger partial charge in [-0.25, -0.2) is 0 Å². The highest BCUT2D eigenvalue weighted by atomic mass is 16.6. The molecule has 0 saturated carbocycles. The standard InChI is InChI=1S/C17H24N2O3/c1-2-17(14-20)9-12-18(13-10-17)11-5-7-15-6-3-4-8-16(15)19(21)22/h3-8,20H,2,9-14H2,1H3/b7-5+. The van der Waals surface area contributed by atoms with Crippen LogP contribution in [0.2, 0.25) is 0 Å². The Kier molecular flexibility index (Phi) is 5.69. The molecular formula is C17H24N2O3. The molecule has 0 amide bonds. The number of para-hydroxylation sites is 1. The van der Waals surface area contributed by atoms with E-state index in [9.17, 15) is 15.2 Å². The first-order valence-corrected chi connectivity index (χ1v) is 7.83. The van der Waals surface area contributed by atoms with Gasteiger partial charge < -0.3 is 5.11 Å². The molecule has 0 spiro atoms. The highest BCUT2D eigenvalue weighted by Crippen LogP contribution is 2.34. The summed E-state index contributed by atoms with van der Waals surface area (Å²) in [5.74, 6) is 0. The van der Waals surface area contributed by atoms with Gasteiger partial charge in [-0.1, -0.05) is 31.2 Å². The second-order valence-corrected chi connectivity index (χ2v) is 6.03. The third-order valence-electron chi connectivity index (χ3n) is 4.80. The third-order valence-corrected chi connectivity index (χ3v) is 4.80. The third kappa shape index (κ3) is 3.93. The average Bonchev–Trinajstić information content (AvgIpc) is 2.56. The molecule has 2 rings (SSSR count). The van der Waals surface area contributed by atoms with Crippen LogP contribution in [0.4, 0.5) is 5.69 Å². The number of likely N-dealkylation sites (tertiary alicyclic amines) is 1. The fourth-order valence-electron chi connectivity index (χ4n) is 2.96. The molecule has 0 bridgehead atoms.